The van der Waals surface area contributed by atoms with Gasteiger partial charge in [0.15, 0.2) is 11.6 Å². The molecule has 0 aliphatic heterocycles. The van der Waals surface area contributed by atoms with Crippen LogP contribution in [0.5, 0.6) is 0 Å². The van der Waals surface area contributed by atoms with E-state index in [1.165, 1.54) is 21.8 Å². The van der Waals surface area contributed by atoms with Crippen LogP contribution in [0.25, 0.3) is 94.7 Å². The zero-order valence-electron chi connectivity index (χ0n) is 27.2. The third-order valence-electron chi connectivity index (χ3n) is 9.42. The number of rotatable bonds is 5. The van der Waals surface area contributed by atoms with Crippen LogP contribution in [0.1, 0.15) is 0 Å². The molecule has 0 saturated heterocycles. The van der Waals surface area contributed by atoms with Crippen molar-refractivity contribution in [2.45, 2.75) is 0 Å². The summed E-state index contributed by atoms with van der Waals surface area (Å²) < 4.78 is 2.34. The fourth-order valence-corrected chi connectivity index (χ4v) is 6.94. The Balaban J connectivity index is 1.04. The minimum absolute atomic E-state index is 0.431. The average molecular weight is 654 g/mol. The van der Waals surface area contributed by atoms with E-state index in [1.54, 1.807) is 6.33 Å². The molecular formula is C44H27N7. The molecule has 0 spiro atoms. The summed E-state index contributed by atoms with van der Waals surface area (Å²) in [6.45, 7) is 0. The lowest BCUT2D eigenvalue weighted by Crippen LogP contribution is -2.01. The third-order valence-corrected chi connectivity index (χ3v) is 9.42. The summed E-state index contributed by atoms with van der Waals surface area (Å²) in [7, 11) is 0. The number of para-hydroxylation sites is 4. The van der Waals surface area contributed by atoms with E-state index in [1.807, 2.05) is 60.8 Å². The first-order chi connectivity index (χ1) is 25.3. The Morgan fingerprint density at radius 3 is 1.75 bits per heavy atom. The van der Waals surface area contributed by atoms with E-state index in [9.17, 15) is 0 Å². The predicted molar refractivity (Wildman–Crippen MR) is 204 cm³/mol. The molecule has 10 aromatic rings. The van der Waals surface area contributed by atoms with Gasteiger partial charge in [-0.25, -0.2) is 29.9 Å². The molecule has 0 fully saturated rings. The van der Waals surface area contributed by atoms with Crippen molar-refractivity contribution >= 4 is 43.6 Å². The first-order valence-electron chi connectivity index (χ1n) is 16.8. The molecule has 0 radical (unpaired) electrons. The number of hydrogen-bond acceptors (Lipinski definition) is 6. The highest BCUT2D eigenvalue weighted by Crippen LogP contribution is 2.34. The molecule has 10 rings (SSSR count). The molecule has 0 aliphatic carbocycles. The van der Waals surface area contributed by atoms with Crippen LogP contribution in [0.3, 0.4) is 0 Å². The molecule has 51 heavy (non-hydrogen) atoms. The van der Waals surface area contributed by atoms with Gasteiger partial charge in [0.1, 0.15) is 12.0 Å². The van der Waals surface area contributed by atoms with Gasteiger partial charge in [0, 0.05) is 39.0 Å². The van der Waals surface area contributed by atoms with Crippen molar-refractivity contribution in [2.75, 3.05) is 0 Å². The Hall–Kier alpha value is -7.12. The van der Waals surface area contributed by atoms with E-state index in [0.29, 0.717) is 17.3 Å². The zero-order chi connectivity index (χ0) is 33.7. The van der Waals surface area contributed by atoms with E-state index in [-0.39, 0.29) is 0 Å². The summed E-state index contributed by atoms with van der Waals surface area (Å²) in [6, 6.07) is 52.2. The van der Waals surface area contributed by atoms with Gasteiger partial charge in [0.05, 0.1) is 33.5 Å². The second kappa shape index (κ2) is 11.8. The lowest BCUT2D eigenvalue weighted by atomic mass is 10.0. The van der Waals surface area contributed by atoms with Crippen LogP contribution in [-0.2, 0) is 0 Å². The van der Waals surface area contributed by atoms with Gasteiger partial charge < -0.3 is 4.57 Å². The van der Waals surface area contributed by atoms with E-state index in [2.05, 4.69) is 117 Å². The Kier molecular flexibility index (Phi) is 6.67. The van der Waals surface area contributed by atoms with Crippen LogP contribution in [0.4, 0.5) is 0 Å². The number of fused-ring (bicyclic) bond motifs is 5. The van der Waals surface area contributed by atoms with Gasteiger partial charge in [-0.05, 0) is 53.6 Å². The highest BCUT2D eigenvalue weighted by molar-refractivity contribution is 6.09. The number of hydrogen-bond donors (Lipinski definition) is 0. The van der Waals surface area contributed by atoms with Crippen LogP contribution < -0.4 is 0 Å². The van der Waals surface area contributed by atoms with Crippen molar-refractivity contribution in [2.24, 2.45) is 0 Å². The summed E-state index contributed by atoms with van der Waals surface area (Å²) in [5.41, 5.74) is 10.6. The lowest BCUT2D eigenvalue weighted by molar-refractivity contribution is 1.09. The van der Waals surface area contributed by atoms with Crippen LogP contribution in [-0.4, -0.2) is 34.5 Å². The van der Waals surface area contributed by atoms with E-state index in [0.717, 1.165) is 55.6 Å². The highest BCUT2D eigenvalue weighted by Gasteiger charge is 2.16. The largest absolute Gasteiger partial charge is 0.309 e. The molecule has 0 saturated carbocycles. The SMILES string of the molecule is c1ccc2nc(-c3nc(-c4ccc(-c5ccc(-n6c7ccccc7c7ccccc76)cc5)cc4)cc(-c4ncnc5ccccc45)n3)ncc2c1. The molecule has 0 N–H and O–H groups in total. The van der Waals surface area contributed by atoms with Gasteiger partial charge in [-0.2, -0.15) is 0 Å². The minimum Gasteiger partial charge on any atom is -0.309 e. The maximum Gasteiger partial charge on any atom is 0.198 e. The van der Waals surface area contributed by atoms with Gasteiger partial charge in [-0.1, -0.05) is 109 Å². The second-order valence-corrected chi connectivity index (χ2v) is 12.4. The number of benzene rings is 6. The lowest BCUT2D eigenvalue weighted by Gasteiger charge is -2.11. The Morgan fingerprint density at radius 2 is 1.00 bits per heavy atom. The third kappa shape index (κ3) is 4.99. The van der Waals surface area contributed by atoms with Crippen molar-refractivity contribution in [3.8, 4) is 51.1 Å². The maximum absolute atomic E-state index is 5.00. The summed E-state index contributed by atoms with van der Waals surface area (Å²) in [4.78, 5) is 28.6. The van der Waals surface area contributed by atoms with Gasteiger partial charge in [0.25, 0.3) is 0 Å². The van der Waals surface area contributed by atoms with Crippen molar-refractivity contribution in [3.05, 3.63) is 164 Å². The first-order valence-corrected chi connectivity index (χ1v) is 16.8. The quantitative estimate of drug-likeness (QED) is 0.184. The monoisotopic (exact) mass is 653 g/mol. The predicted octanol–water partition coefficient (Wildman–Crippen LogP) is 10.1. The summed E-state index contributed by atoms with van der Waals surface area (Å²) in [5.74, 6) is 0.885. The van der Waals surface area contributed by atoms with E-state index in [4.69, 9.17) is 15.0 Å². The van der Waals surface area contributed by atoms with Crippen LogP contribution in [0.15, 0.2) is 164 Å². The normalized spacial score (nSPS) is 11.5. The Morgan fingerprint density at radius 1 is 0.412 bits per heavy atom. The number of aromatic nitrogens is 7. The molecule has 0 aliphatic rings. The molecule has 4 heterocycles. The van der Waals surface area contributed by atoms with Crippen LogP contribution in [0.2, 0.25) is 0 Å². The van der Waals surface area contributed by atoms with Crippen molar-refractivity contribution in [1.82, 2.24) is 34.5 Å². The van der Waals surface area contributed by atoms with E-state index < -0.39 is 0 Å². The van der Waals surface area contributed by atoms with E-state index >= 15 is 0 Å². The van der Waals surface area contributed by atoms with Crippen LogP contribution in [0, 0.1) is 0 Å². The van der Waals surface area contributed by atoms with Crippen molar-refractivity contribution in [3.63, 3.8) is 0 Å². The molecule has 0 bridgehead atoms. The molecule has 0 atom stereocenters. The Bertz CT molecular complexity index is 2850. The molecule has 0 amide bonds. The fraction of sp³-hybridized carbons (Fsp3) is 0. The Labute approximate surface area is 292 Å². The fourth-order valence-electron chi connectivity index (χ4n) is 6.94. The van der Waals surface area contributed by atoms with Gasteiger partial charge in [-0.3, -0.25) is 0 Å². The molecule has 4 aromatic heterocycles. The number of nitrogens with zero attached hydrogens (tertiary/aromatic N) is 7. The maximum atomic E-state index is 5.00. The van der Waals surface area contributed by atoms with Gasteiger partial charge in [-0.15, -0.1) is 0 Å². The average Bonchev–Trinajstić information content (AvgIpc) is 3.55. The summed E-state index contributed by atoms with van der Waals surface area (Å²) in [6.07, 6.45) is 3.39. The standard InChI is InChI=1S/C44H27N7/c1-5-13-36-31(9-1)26-45-43(48-36)44-49-38(25-39(50-44)42-35-12-2-6-14-37(35)46-27-47-42)30-19-17-28(18-20-30)29-21-23-32(24-22-29)51-40-15-7-3-10-33(40)34-11-4-8-16-41(34)51/h1-27H. The zero-order valence-corrected chi connectivity index (χ0v) is 27.2. The molecule has 7 heteroatoms. The molecule has 238 valence electrons. The summed E-state index contributed by atoms with van der Waals surface area (Å²) in [5, 5.41) is 4.38. The van der Waals surface area contributed by atoms with Crippen molar-refractivity contribution < 1.29 is 0 Å². The first kappa shape index (κ1) is 28.9. The molecular weight excluding hydrogens is 627 g/mol. The molecule has 6 aromatic carbocycles. The van der Waals surface area contributed by atoms with Gasteiger partial charge >= 0.3 is 0 Å². The summed E-state index contributed by atoms with van der Waals surface area (Å²) >= 11 is 0. The second-order valence-electron chi connectivity index (χ2n) is 12.4. The highest BCUT2D eigenvalue weighted by atomic mass is 15.0. The molecule has 0 unspecified atom stereocenters. The van der Waals surface area contributed by atoms with Crippen LogP contribution >= 0.6 is 0 Å². The smallest absolute Gasteiger partial charge is 0.198 e. The molecule has 7 nitrogen and oxygen atoms in total. The topological polar surface area (TPSA) is 82.3 Å². The minimum atomic E-state index is 0.431. The van der Waals surface area contributed by atoms with Gasteiger partial charge in [0.2, 0.25) is 0 Å². The van der Waals surface area contributed by atoms with Crippen molar-refractivity contribution in [1.29, 1.82) is 0 Å².